The summed E-state index contributed by atoms with van der Waals surface area (Å²) in [5.74, 6) is -4.12. The molecule has 7 atom stereocenters. The van der Waals surface area contributed by atoms with Crippen molar-refractivity contribution in [3.8, 4) is 0 Å². The van der Waals surface area contributed by atoms with Gasteiger partial charge >= 0.3 is 23.9 Å². The van der Waals surface area contributed by atoms with Crippen molar-refractivity contribution in [1.29, 1.82) is 0 Å². The van der Waals surface area contributed by atoms with Gasteiger partial charge in [0.2, 0.25) is 0 Å². The molecule has 3 rings (SSSR count). The van der Waals surface area contributed by atoms with Gasteiger partial charge in [-0.25, -0.2) is 4.79 Å². The summed E-state index contributed by atoms with van der Waals surface area (Å²) >= 11 is 0. The third-order valence-corrected chi connectivity index (χ3v) is 8.12. The van der Waals surface area contributed by atoms with Crippen molar-refractivity contribution in [2.45, 2.75) is 92.1 Å². The second-order valence-corrected chi connectivity index (χ2v) is 12.1. The van der Waals surface area contributed by atoms with Gasteiger partial charge in [0.1, 0.15) is 24.1 Å². The highest BCUT2D eigenvalue weighted by atomic mass is 16.6. The predicted molar refractivity (Wildman–Crippen MR) is 154 cm³/mol. The molecule has 0 aromatic heterocycles. The lowest BCUT2D eigenvalue weighted by atomic mass is 9.75. The number of hydrogen-bond acceptors (Lipinski definition) is 9. The highest BCUT2D eigenvalue weighted by Crippen LogP contribution is 2.51. The minimum Gasteiger partial charge on any atom is -0.458 e. The van der Waals surface area contributed by atoms with Gasteiger partial charge in [-0.3, -0.25) is 19.2 Å². The molecular weight excluding hydrogens is 540 g/mol. The van der Waals surface area contributed by atoms with Gasteiger partial charge in [0.15, 0.2) is 5.60 Å². The first-order chi connectivity index (χ1) is 19.6. The van der Waals surface area contributed by atoms with Crippen molar-refractivity contribution in [2.75, 3.05) is 0 Å². The zero-order valence-corrected chi connectivity index (χ0v) is 25.7. The third-order valence-electron chi connectivity index (χ3n) is 8.12. The number of fused-ring (bicyclic) bond motifs is 1. The van der Waals surface area contributed by atoms with Gasteiger partial charge in [-0.15, -0.1) is 0 Å². The van der Waals surface area contributed by atoms with E-state index in [9.17, 15) is 24.0 Å². The Bertz CT molecular complexity index is 1260. The van der Waals surface area contributed by atoms with Crippen LogP contribution in [0.5, 0.6) is 0 Å². The fourth-order valence-corrected chi connectivity index (χ4v) is 6.05. The van der Waals surface area contributed by atoms with Crippen LogP contribution in [0.15, 0.2) is 54.1 Å². The van der Waals surface area contributed by atoms with E-state index in [1.807, 2.05) is 13.8 Å². The Morgan fingerprint density at radius 3 is 2.07 bits per heavy atom. The van der Waals surface area contributed by atoms with Crippen LogP contribution in [-0.4, -0.2) is 53.6 Å². The molecule has 1 aromatic rings. The standard InChI is InChI=1S/C33H42O9/c1-19-14-15-32(7,8)28(37)17-27(39-22(4)34)20(2)16-26-29(41-31(38)25-12-10-9-11-13-25)21(3)18-33(26,42-24(6)36)30(19)40-23(5)35/h9-16,19,21,26-27,29-30H,17-18H2,1-8H3/t19-,21+,26+,27-,29+,30-,33-/m1/s1. The monoisotopic (exact) mass is 582 g/mol. The Kier molecular flexibility index (Phi) is 10.2. The van der Waals surface area contributed by atoms with E-state index in [1.165, 1.54) is 20.8 Å². The summed E-state index contributed by atoms with van der Waals surface area (Å²) < 4.78 is 23.8. The van der Waals surface area contributed by atoms with Crippen LogP contribution in [0.3, 0.4) is 0 Å². The zero-order chi connectivity index (χ0) is 31.4. The Balaban J connectivity index is 2.29. The first-order valence-corrected chi connectivity index (χ1v) is 14.3. The number of carbonyl (C=O) groups is 5. The molecule has 9 nitrogen and oxygen atoms in total. The summed E-state index contributed by atoms with van der Waals surface area (Å²) in [6.07, 6.45) is 2.67. The average molecular weight is 583 g/mol. The van der Waals surface area contributed by atoms with Crippen LogP contribution in [0.1, 0.15) is 78.6 Å². The first kappa shape index (κ1) is 32.8. The topological polar surface area (TPSA) is 122 Å². The second kappa shape index (κ2) is 13.0. The van der Waals surface area contributed by atoms with E-state index in [1.54, 1.807) is 69.3 Å². The van der Waals surface area contributed by atoms with Gasteiger partial charge in [0.25, 0.3) is 0 Å². The van der Waals surface area contributed by atoms with Crippen molar-refractivity contribution in [3.63, 3.8) is 0 Å². The van der Waals surface area contributed by atoms with E-state index >= 15 is 0 Å². The number of hydrogen-bond donors (Lipinski definition) is 0. The van der Waals surface area contributed by atoms with Gasteiger partial charge < -0.3 is 18.9 Å². The molecule has 0 heterocycles. The van der Waals surface area contributed by atoms with E-state index in [4.69, 9.17) is 18.9 Å². The van der Waals surface area contributed by atoms with Gasteiger partial charge in [-0.1, -0.05) is 50.3 Å². The van der Waals surface area contributed by atoms with Crippen LogP contribution in [0, 0.1) is 23.2 Å². The number of ether oxygens (including phenoxy) is 4. The Labute approximate surface area is 247 Å². The highest BCUT2D eigenvalue weighted by Gasteiger charge is 2.62. The minimum absolute atomic E-state index is 0.0850. The molecule has 0 N–H and O–H groups in total. The van der Waals surface area contributed by atoms with Crippen LogP contribution in [0.25, 0.3) is 0 Å². The van der Waals surface area contributed by atoms with Gasteiger partial charge in [0.05, 0.1) is 11.5 Å². The lowest BCUT2D eigenvalue weighted by Crippen LogP contribution is -2.55. The molecule has 0 spiro atoms. The van der Waals surface area contributed by atoms with Gasteiger partial charge in [0, 0.05) is 38.5 Å². The minimum atomic E-state index is -1.45. The van der Waals surface area contributed by atoms with Crippen molar-refractivity contribution >= 4 is 29.7 Å². The number of rotatable bonds is 5. The Hall–Kier alpha value is -3.75. The molecule has 1 saturated carbocycles. The highest BCUT2D eigenvalue weighted by molar-refractivity contribution is 5.89. The molecule has 0 saturated heterocycles. The summed E-state index contributed by atoms with van der Waals surface area (Å²) in [5.41, 5.74) is -1.51. The summed E-state index contributed by atoms with van der Waals surface area (Å²) in [6, 6.07) is 8.52. The fraction of sp³-hybridized carbons (Fsp3) is 0.545. The van der Waals surface area contributed by atoms with Gasteiger partial charge in [-0.05, 0) is 50.8 Å². The van der Waals surface area contributed by atoms with E-state index < -0.39 is 65.0 Å². The summed E-state index contributed by atoms with van der Waals surface area (Å²) in [5, 5.41) is 0. The zero-order valence-electron chi connectivity index (χ0n) is 25.7. The smallest absolute Gasteiger partial charge is 0.338 e. The SMILES string of the molecule is CC(=O)O[C@@H]1[C@H](C)C=CC(C)(C)C(=O)C[C@@H](OC(C)=O)C(C)=C[C@H]2[C@@H](OC(=O)c3ccccc3)[C@@H](C)C[C@]12OC(C)=O. The maximum absolute atomic E-state index is 13.4. The van der Waals surface area contributed by atoms with E-state index in [0.717, 1.165) is 0 Å². The third kappa shape index (κ3) is 7.36. The molecule has 0 unspecified atom stereocenters. The average Bonchev–Trinajstić information content (AvgIpc) is 3.14. The molecule has 42 heavy (non-hydrogen) atoms. The second-order valence-electron chi connectivity index (χ2n) is 12.1. The number of benzene rings is 1. The fourth-order valence-electron chi connectivity index (χ4n) is 6.05. The van der Waals surface area contributed by atoms with Crippen LogP contribution in [-0.2, 0) is 38.1 Å². The largest absolute Gasteiger partial charge is 0.458 e. The number of allylic oxidation sites excluding steroid dienone is 1. The molecule has 0 radical (unpaired) electrons. The molecule has 2 aliphatic rings. The normalized spacial score (nSPS) is 31.0. The van der Waals surface area contributed by atoms with Crippen LogP contribution >= 0.6 is 0 Å². The maximum Gasteiger partial charge on any atom is 0.338 e. The van der Waals surface area contributed by atoms with Crippen LogP contribution < -0.4 is 0 Å². The summed E-state index contributed by atoms with van der Waals surface area (Å²) in [4.78, 5) is 64.0. The van der Waals surface area contributed by atoms with Crippen molar-refractivity contribution < 1.29 is 42.9 Å². The summed E-state index contributed by atoms with van der Waals surface area (Å²) in [6.45, 7) is 12.8. The summed E-state index contributed by atoms with van der Waals surface area (Å²) in [7, 11) is 0. The van der Waals surface area contributed by atoms with Crippen molar-refractivity contribution in [3.05, 3.63) is 59.7 Å². The number of ketones is 1. The molecule has 228 valence electrons. The first-order valence-electron chi connectivity index (χ1n) is 14.3. The van der Waals surface area contributed by atoms with Crippen LogP contribution in [0.2, 0.25) is 0 Å². The molecule has 0 bridgehead atoms. The molecule has 0 aliphatic heterocycles. The Morgan fingerprint density at radius 1 is 0.881 bits per heavy atom. The predicted octanol–water partition coefficient (Wildman–Crippen LogP) is 5.17. The molecule has 1 fully saturated rings. The quantitative estimate of drug-likeness (QED) is 0.263. The number of esters is 4. The van der Waals surface area contributed by atoms with E-state index in [2.05, 4.69) is 0 Å². The van der Waals surface area contributed by atoms with Crippen molar-refractivity contribution in [2.24, 2.45) is 23.2 Å². The van der Waals surface area contributed by atoms with Crippen molar-refractivity contribution in [1.82, 2.24) is 0 Å². The lowest BCUT2D eigenvalue weighted by Gasteiger charge is -2.43. The molecule has 9 heteroatoms. The lowest BCUT2D eigenvalue weighted by molar-refractivity contribution is -0.195. The molecule has 0 amide bonds. The number of carbonyl (C=O) groups excluding carboxylic acids is 5. The van der Waals surface area contributed by atoms with Crippen LogP contribution in [0.4, 0.5) is 0 Å². The molecule has 2 aliphatic carbocycles. The number of Topliss-reactive ketones (excluding diaryl/α,β-unsaturated/α-hetero) is 1. The Morgan fingerprint density at radius 2 is 1.50 bits per heavy atom. The maximum atomic E-state index is 13.4. The van der Waals surface area contributed by atoms with E-state index in [0.29, 0.717) is 11.1 Å². The van der Waals surface area contributed by atoms with Gasteiger partial charge in [-0.2, -0.15) is 0 Å². The molecular formula is C33H42O9. The molecule has 1 aromatic carbocycles. The van der Waals surface area contributed by atoms with E-state index in [-0.39, 0.29) is 24.5 Å².